The van der Waals surface area contributed by atoms with Crippen molar-refractivity contribution < 1.29 is 9.53 Å². The van der Waals surface area contributed by atoms with Gasteiger partial charge in [0.05, 0.1) is 0 Å². The van der Waals surface area contributed by atoms with E-state index in [0.29, 0.717) is 6.04 Å². The average Bonchev–Trinajstić information content (AvgIpc) is 2.69. The number of aromatic nitrogens is 2. The van der Waals surface area contributed by atoms with Crippen LogP contribution in [0.5, 0.6) is 0 Å². The number of ether oxygens (including phenoxy) is 1. The first kappa shape index (κ1) is 17.4. The number of hydrogen-bond acceptors (Lipinski definition) is 5. The van der Waals surface area contributed by atoms with Gasteiger partial charge in [0, 0.05) is 39.5 Å². The molecular formula is C19H24N4O2. The molecule has 1 atom stereocenters. The SMILES string of the molecule is CO[C@H](C(=O)N1CCC(N(C)c2cccnn2)CC1)c1ccccc1. The molecule has 2 heterocycles. The van der Waals surface area contributed by atoms with Crippen molar-refractivity contribution in [1.82, 2.24) is 15.1 Å². The van der Waals surface area contributed by atoms with Gasteiger partial charge in [0.15, 0.2) is 11.9 Å². The highest BCUT2D eigenvalue weighted by Crippen LogP contribution is 2.24. The highest BCUT2D eigenvalue weighted by molar-refractivity contribution is 5.82. The zero-order valence-electron chi connectivity index (χ0n) is 14.7. The summed E-state index contributed by atoms with van der Waals surface area (Å²) in [4.78, 5) is 16.9. The van der Waals surface area contributed by atoms with E-state index in [1.807, 2.05) is 54.4 Å². The standard InChI is InChI=1S/C19H24N4O2/c1-22(17-9-6-12-20-21-17)16-10-13-23(14-11-16)19(24)18(25-2)15-7-4-3-5-8-15/h3-9,12,16,18H,10-11,13-14H2,1-2H3/t18-/m0/s1. The minimum atomic E-state index is -0.532. The number of hydrogen-bond donors (Lipinski definition) is 0. The van der Waals surface area contributed by atoms with E-state index in [1.54, 1.807) is 13.3 Å². The summed E-state index contributed by atoms with van der Waals surface area (Å²) in [5, 5.41) is 8.10. The van der Waals surface area contributed by atoms with Crippen LogP contribution in [0.4, 0.5) is 5.82 Å². The van der Waals surface area contributed by atoms with Gasteiger partial charge in [-0.25, -0.2) is 0 Å². The molecule has 25 heavy (non-hydrogen) atoms. The molecule has 2 aromatic rings. The Kier molecular flexibility index (Phi) is 5.60. The second-order valence-electron chi connectivity index (χ2n) is 6.28. The number of rotatable bonds is 5. The minimum Gasteiger partial charge on any atom is -0.367 e. The number of carbonyl (C=O) groups excluding carboxylic acids is 1. The van der Waals surface area contributed by atoms with E-state index in [2.05, 4.69) is 15.1 Å². The lowest BCUT2D eigenvalue weighted by Crippen LogP contribution is -2.47. The molecule has 1 fully saturated rings. The number of likely N-dealkylation sites (tertiary alicyclic amines) is 1. The van der Waals surface area contributed by atoms with Gasteiger partial charge in [-0.2, -0.15) is 5.10 Å². The number of benzene rings is 1. The van der Waals surface area contributed by atoms with Crippen LogP contribution in [0.2, 0.25) is 0 Å². The third kappa shape index (κ3) is 3.96. The Morgan fingerprint density at radius 1 is 1.20 bits per heavy atom. The summed E-state index contributed by atoms with van der Waals surface area (Å²) >= 11 is 0. The third-order valence-corrected chi connectivity index (χ3v) is 4.81. The maximum atomic E-state index is 12.8. The summed E-state index contributed by atoms with van der Waals surface area (Å²) in [6.45, 7) is 1.45. The second-order valence-corrected chi connectivity index (χ2v) is 6.28. The van der Waals surface area contributed by atoms with Crippen LogP contribution in [0, 0.1) is 0 Å². The van der Waals surface area contributed by atoms with Gasteiger partial charge in [0.2, 0.25) is 0 Å². The molecule has 0 saturated carbocycles. The predicted octanol–water partition coefficient (Wildman–Crippen LogP) is 2.29. The van der Waals surface area contributed by atoms with E-state index in [-0.39, 0.29) is 5.91 Å². The fourth-order valence-corrected chi connectivity index (χ4v) is 3.32. The molecule has 0 N–H and O–H groups in total. The smallest absolute Gasteiger partial charge is 0.256 e. The number of carbonyl (C=O) groups is 1. The number of amides is 1. The van der Waals surface area contributed by atoms with E-state index in [0.717, 1.165) is 37.3 Å². The fourth-order valence-electron chi connectivity index (χ4n) is 3.32. The molecule has 3 rings (SSSR count). The van der Waals surface area contributed by atoms with E-state index >= 15 is 0 Å². The molecule has 0 spiro atoms. The highest BCUT2D eigenvalue weighted by Gasteiger charge is 2.30. The van der Waals surface area contributed by atoms with Crippen molar-refractivity contribution in [3.8, 4) is 0 Å². The molecule has 0 unspecified atom stereocenters. The van der Waals surface area contributed by atoms with Gasteiger partial charge >= 0.3 is 0 Å². The Labute approximate surface area is 148 Å². The van der Waals surface area contributed by atoms with E-state index in [9.17, 15) is 4.79 Å². The van der Waals surface area contributed by atoms with Crippen LogP contribution in [-0.2, 0) is 9.53 Å². The van der Waals surface area contributed by atoms with Crippen LogP contribution in [0.3, 0.4) is 0 Å². The zero-order chi connectivity index (χ0) is 17.6. The van der Waals surface area contributed by atoms with Crippen molar-refractivity contribution in [3.05, 3.63) is 54.2 Å². The fraction of sp³-hybridized carbons (Fsp3) is 0.421. The minimum absolute atomic E-state index is 0.0364. The topological polar surface area (TPSA) is 58.6 Å². The number of anilines is 1. The van der Waals surface area contributed by atoms with Gasteiger partial charge in [0.1, 0.15) is 0 Å². The van der Waals surface area contributed by atoms with E-state index in [4.69, 9.17) is 4.74 Å². The monoisotopic (exact) mass is 340 g/mol. The summed E-state index contributed by atoms with van der Waals surface area (Å²) in [6.07, 6.45) is 2.96. The highest BCUT2D eigenvalue weighted by atomic mass is 16.5. The van der Waals surface area contributed by atoms with Crippen molar-refractivity contribution in [3.63, 3.8) is 0 Å². The lowest BCUT2D eigenvalue weighted by Gasteiger charge is -2.38. The number of piperidine rings is 1. The lowest BCUT2D eigenvalue weighted by molar-refractivity contribution is -0.143. The first-order valence-corrected chi connectivity index (χ1v) is 8.57. The second kappa shape index (κ2) is 8.07. The molecule has 6 nitrogen and oxygen atoms in total. The molecule has 1 aliphatic rings. The predicted molar refractivity (Wildman–Crippen MR) is 96.2 cm³/mol. The van der Waals surface area contributed by atoms with Crippen LogP contribution in [0.1, 0.15) is 24.5 Å². The molecular weight excluding hydrogens is 316 g/mol. The molecule has 1 aromatic carbocycles. The lowest BCUT2D eigenvalue weighted by atomic mass is 10.0. The maximum absolute atomic E-state index is 12.8. The van der Waals surface area contributed by atoms with Gasteiger partial charge in [-0.05, 0) is 30.5 Å². The number of methoxy groups -OCH3 is 1. The van der Waals surface area contributed by atoms with Crippen LogP contribution < -0.4 is 4.90 Å². The van der Waals surface area contributed by atoms with Gasteiger partial charge in [-0.3, -0.25) is 4.79 Å². The van der Waals surface area contributed by atoms with E-state index in [1.165, 1.54) is 0 Å². The largest absolute Gasteiger partial charge is 0.367 e. The summed E-state index contributed by atoms with van der Waals surface area (Å²) in [5.74, 6) is 0.903. The van der Waals surface area contributed by atoms with Crippen molar-refractivity contribution >= 4 is 11.7 Å². The molecule has 1 aliphatic heterocycles. The van der Waals surface area contributed by atoms with Gasteiger partial charge in [0.25, 0.3) is 5.91 Å². The third-order valence-electron chi connectivity index (χ3n) is 4.81. The Bertz CT molecular complexity index is 672. The van der Waals surface area contributed by atoms with Crippen LogP contribution >= 0.6 is 0 Å². The Balaban J connectivity index is 1.61. The van der Waals surface area contributed by atoms with Crippen LogP contribution in [0.15, 0.2) is 48.7 Å². The summed E-state index contributed by atoms with van der Waals surface area (Å²) in [6, 6.07) is 13.9. The number of nitrogens with zero attached hydrogens (tertiary/aromatic N) is 4. The van der Waals surface area contributed by atoms with Crippen LogP contribution in [-0.4, -0.2) is 54.3 Å². The molecule has 1 aromatic heterocycles. The van der Waals surface area contributed by atoms with Crippen LogP contribution in [0.25, 0.3) is 0 Å². The van der Waals surface area contributed by atoms with E-state index < -0.39 is 6.10 Å². The average molecular weight is 340 g/mol. The molecule has 132 valence electrons. The molecule has 1 saturated heterocycles. The Hall–Kier alpha value is -2.47. The summed E-state index contributed by atoms with van der Waals surface area (Å²) < 4.78 is 5.48. The molecule has 0 aliphatic carbocycles. The molecule has 6 heteroatoms. The first-order chi connectivity index (χ1) is 12.2. The maximum Gasteiger partial charge on any atom is 0.256 e. The Morgan fingerprint density at radius 3 is 2.52 bits per heavy atom. The van der Waals surface area contributed by atoms with Gasteiger partial charge in [-0.1, -0.05) is 30.3 Å². The van der Waals surface area contributed by atoms with Crippen molar-refractivity contribution in [2.45, 2.75) is 25.0 Å². The normalized spacial score (nSPS) is 16.5. The Morgan fingerprint density at radius 2 is 1.92 bits per heavy atom. The molecule has 0 bridgehead atoms. The zero-order valence-corrected chi connectivity index (χ0v) is 14.7. The van der Waals surface area contributed by atoms with Gasteiger partial charge < -0.3 is 14.5 Å². The summed E-state index contributed by atoms with van der Waals surface area (Å²) in [7, 11) is 3.62. The quantitative estimate of drug-likeness (QED) is 0.836. The summed E-state index contributed by atoms with van der Waals surface area (Å²) in [5.41, 5.74) is 0.897. The van der Waals surface area contributed by atoms with Gasteiger partial charge in [-0.15, -0.1) is 5.10 Å². The molecule has 1 amide bonds. The van der Waals surface area contributed by atoms with Crippen molar-refractivity contribution in [1.29, 1.82) is 0 Å². The molecule has 0 radical (unpaired) electrons. The van der Waals surface area contributed by atoms with Crippen molar-refractivity contribution in [2.24, 2.45) is 0 Å². The first-order valence-electron chi connectivity index (χ1n) is 8.57. The van der Waals surface area contributed by atoms with Crippen molar-refractivity contribution in [2.75, 3.05) is 32.1 Å².